The first kappa shape index (κ1) is 21.2. The van der Waals surface area contributed by atoms with Crippen molar-refractivity contribution in [3.63, 3.8) is 0 Å². The number of likely N-dealkylation sites (N-methyl/N-ethyl adjacent to an activating group) is 2. The third kappa shape index (κ3) is 6.84. The predicted molar refractivity (Wildman–Crippen MR) is 106 cm³/mol. The summed E-state index contributed by atoms with van der Waals surface area (Å²) in [6, 6.07) is 10.3. The summed E-state index contributed by atoms with van der Waals surface area (Å²) in [6.45, 7) is 4.78. The van der Waals surface area contributed by atoms with E-state index < -0.39 is 5.97 Å². The number of hydrogen-bond donors (Lipinski definition) is 2. The van der Waals surface area contributed by atoms with E-state index in [4.69, 9.17) is 5.11 Å². The molecule has 0 aliphatic heterocycles. The van der Waals surface area contributed by atoms with Crippen LogP contribution in [0.3, 0.4) is 0 Å². The molecule has 150 valence electrons. The topological polar surface area (TPSA) is 76.1 Å². The highest BCUT2D eigenvalue weighted by molar-refractivity contribution is 5.74. The normalized spacial score (nSPS) is 19.0. The summed E-state index contributed by atoms with van der Waals surface area (Å²) in [5.41, 5.74) is 1.11. The molecule has 0 aromatic heterocycles. The zero-order chi connectivity index (χ0) is 19.8. The van der Waals surface area contributed by atoms with Crippen LogP contribution < -0.4 is 5.32 Å². The fraction of sp³-hybridized carbons (Fsp3) is 0.600. The lowest BCUT2D eigenvalue weighted by atomic mass is 9.85. The fourth-order valence-electron chi connectivity index (χ4n) is 3.32. The number of carboxylic acid groups (broad SMARTS) is 1. The van der Waals surface area contributed by atoms with Crippen molar-refractivity contribution in [2.24, 2.45) is 0 Å². The highest BCUT2D eigenvalue weighted by atomic mass is 16.4. The van der Waals surface area contributed by atoms with Gasteiger partial charge in [-0.25, -0.2) is 4.79 Å². The monoisotopic (exact) mass is 376 g/mol. The summed E-state index contributed by atoms with van der Waals surface area (Å²) in [6.07, 6.45) is 1.61. The van der Waals surface area contributed by atoms with Crippen LogP contribution in [0.2, 0.25) is 0 Å². The van der Waals surface area contributed by atoms with Crippen molar-refractivity contribution in [2.75, 3.05) is 40.3 Å². The van der Waals surface area contributed by atoms with Gasteiger partial charge in [-0.05, 0) is 39.0 Å². The van der Waals surface area contributed by atoms with Crippen molar-refractivity contribution in [1.29, 1.82) is 0 Å². The number of carboxylic acids is 1. The zero-order valence-electron chi connectivity index (χ0n) is 16.6. The highest BCUT2D eigenvalue weighted by Crippen LogP contribution is 2.25. The molecule has 1 aromatic rings. The molecule has 1 aliphatic carbocycles. The molecule has 1 aromatic carbocycles. The second-order valence-corrected chi connectivity index (χ2v) is 7.44. The number of benzene rings is 1. The van der Waals surface area contributed by atoms with Gasteiger partial charge in [0, 0.05) is 31.7 Å². The molecular formula is C20H32N4O3. The second kappa shape index (κ2) is 10.3. The number of nitrogens with zero attached hydrogens (tertiary/aromatic N) is 3. The van der Waals surface area contributed by atoms with Crippen molar-refractivity contribution < 1.29 is 14.7 Å². The third-order valence-electron chi connectivity index (χ3n) is 5.02. The van der Waals surface area contributed by atoms with E-state index in [1.165, 1.54) is 0 Å². The number of aliphatic carboxylic acids is 1. The Labute approximate surface area is 161 Å². The minimum atomic E-state index is -0.804. The van der Waals surface area contributed by atoms with Crippen LogP contribution in [0, 0.1) is 0 Å². The van der Waals surface area contributed by atoms with Gasteiger partial charge >= 0.3 is 12.0 Å². The molecule has 2 N–H and O–H groups in total. The van der Waals surface area contributed by atoms with Gasteiger partial charge in [0.25, 0.3) is 0 Å². The van der Waals surface area contributed by atoms with Gasteiger partial charge in [-0.1, -0.05) is 37.3 Å². The lowest BCUT2D eigenvalue weighted by molar-refractivity contribution is -0.139. The number of carbonyl (C=O) groups is 2. The average Bonchev–Trinajstić information content (AvgIpc) is 2.60. The van der Waals surface area contributed by atoms with Crippen LogP contribution in [0.5, 0.6) is 0 Å². The number of hydrogen-bond acceptors (Lipinski definition) is 4. The van der Waals surface area contributed by atoms with E-state index in [0.717, 1.165) is 24.9 Å². The van der Waals surface area contributed by atoms with Crippen LogP contribution in [-0.2, 0) is 11.3 Å². The smallest absolute Gasteiger partial charge is 0.317 e. The Morgan fingerprint density at radius 2 is 1.81 bits per heavy atom. The summed E-state index contributed by atoms with van der Waals surface area (Å²) in [5.74, 6) is -0.804. The molecule has 7 heteroatoms. The number of nitrogens with one attached hydrogen (secondary N) is 1. The maximum atomic E-state index is 12.8. The van der Waals surface area contributed by atoms with Gasteiger partial charge < -0.3 is 20.2 Å². The fourth-order valence-corrected chi connectivity index (χ4v) is 3.32. The Balaban J connectivity index is 1.87. The van der Waals surface area contributed by atoms with Crippen molar-refractivity contribution >= 4 is 12.0 Å². The van der Waals surface area contributed by atoms with E-state index >= 15 is 0 Å². The molecule has 0 saturated heterocycles. The average molecular weight is 377 g/mol. The quantitative estimate of drug-likeness (QED) is 0.650. The van der Waals surface area contributed by atoms with Crippen molar-refractivity contribution in [1.82, 2.24) is 20.0 Å². The molecule has 0 bridgehead atoms. The Morgan fingerprint density at radius 1 is 1.15 bits per heavy atom. The van der Waals surface area contributed by atoms with Gasteiger partial charge in [0.2, 0.25) is 0 Å². The number of rotatable bonds is 10. The van der Waals surface area contributed by atoms with Crippen molar-refractivity contribution in [3.8, 4) is 0 Å². The van der Waals surface area contributed by atoms with E-state index in [0.29, 0.717) is 19.6 Å². The predicted octanol–water partition coefficient (Wildman–Crippen LogP) is 1.70. The maximum absolute atomic E-state index is 12.8. The molecule has 7 nitrogen and oxygen atoms in total. The van der Waals surface area contributed by atoms with Crippen LogP contribution in [0.25, 0.3) is 0 Å². The molecule has 2 amide bonds. The SMILES string of the molecule is CCN(CC(=O)O)C1CC(NC(=O)N(CCN(C)C)Cc2ccccc2)C1. The first-order chi connectivity index (χ1) is 12.9. The molecule has 0 heterocycles. The van der Waals surface area contributed by atoms with Crippen molar-refractivity contribution in [3.05, 3.63) is 35.9 Å². The van der Waals surface area contributed by atoms with E-state index in [-0.39, 0.29) is 24.7 Å². The molecule has 0 unspecified atom stereocenters. The third-order valence-corrected chi connectivity index (χ3v) is 5.02. The minimum Gasteiger partial charge on any atom is -0.480 e. The number of urea groups is 1. The van der Waals surface area contributed by atoms with Gasteiger partial charge in [0.1, 0.15) is 0 Å². The Bertz CT molecular complexity index is 603. The van der Waals surface area contributed by atoms with Gasteiger partial charge in [0.15, 0.2) is 0 Å². The van der Waals surface area contributed by atoms with E-state index in [2.05, 4.69) is 10.2 Å². The lowest BCUT2D eigenvalue weighted by Gasteiger charge is -2.42. The van der Waals surface area contributed by atoms with Crippen LogP contribution in [-0.4, -0.2) is 84.2 Å². The molecule has 27 heavy (non-hydrogen) atoms. The Hall–Kier alpha value is -2.12. The number of carbonyl (C=O) groups excluding carboxylic acids is 1. The maximum Gasteiger partial charge on any atom is 0.317 e. The standard InChI is InChI=1S/C20H32N4O3/c1-4-23(15-19(25)26)18-12-17(13-18)21-20(27)24(11-10-22(2)3)14-16-8-6-5-7-9-16/h5-9,17-18H,4,10-15H2,1-3H3,(H,21,27)(H,25,26). The van der Waals surface area contributed by atoms with E-state index in [1.807, 2.05) is 61.2 Å². The summed E-state index contributed by atoms with van der Waals surface area (Å²) < 4.78 is 0. The van der Waals surface area contributed by atoms with Gasteiger partial charge in [-0.15, -0.1) is 0 Å². The largest absolute Gasteiger partial charge is 0.480 e. The lowest BCUT2D eigenvalue weighted by Crippen LogP contribution is -2.57. The van der Waals surface area contributed by atoms with Gasteiger partial charge in [0.05, 0.1) is 6.54 Å². The first-order valence-corrected chi connectivity index (χ1v) is 9.59. The van der Waals surface area contributed by atoms with Crippen LogP contribution in [0.4, 0.5) is 4.79 Å². The summed E-state index contributed by atoms with van der Waals surface area (Å²) in [5, 5.41) is 12.1. The highest BCUT2D eigenvalue weighted by Gasteiger charge is 2.35. The molecular weight excluding hydrogens is 344 g/mol. The van der Waals surface area contributed by atoms with Crippen LogP contribution in [0.15, 0.2) is 30.3 Å². The molecule has 1 saturated carbocycles. The summed E-state index contributed by atoms with van der Waals surface area (Å²) >= 11 is 0. The van der Waals surface area contributed by atoms with E-state index in [1.54, 1.807) is 0 Å². The van der Waals surface area contributed by atoms with Crippen molar-refractivity contribution in [2.45, 2.75) is 38.4 Å². The molecule has 2 rings (SSSR count). The molecule has 0 spiro atoms. The summed E-state index contributed by atoms with van der Waals surface area (Å²) in [4.78, 5) is 29.6. The Morgan fingerprint density at radius 3 is 2.37 bits per heavy atom. The van der Waals surface area contributed by atoms with Crippen LogP contribution in [0.1, 0.15) is 25.3 Å². The molecule has 0 radical (unpaired) electrons. The number of amides is 2. The summed E-state index contributed by atoms with van der Waals surface area (Å²) in [7, 11) is 3.99. The molecule has 1 fully saturated rings. The van der Waals surface area contributed by atoms with Crippen LogP contribution >= 0.6 is 0 Å². The van der Waals surface area contributed by atoms with Gasteiger partial charge in [-0.3, -0.25) is 9.69 Å². The molecule has 0 atom stereocenters. The first-order valence-electron chi connectivity index (χ1n) is 9.59. The second-order valence-electron chi connectivity index (χ2n) is 7.44. The minimum absolute atomic E-state index is 0.0505. The molecule has 1 aliphatic rings. The Kier molecular flexibility index (Phi) is 8.06. The van der Waals surface area contributed by atoms with Gasteiger partial charge in [-0.2, -0.15) is 0 Å². The zero-order valence-corrected chi connectivity index (χ0v) is 16.6. The van der Waals surface area contributed by atoms with E-state index in [9.17, 15) is 9.59 Å².